The van der Waals surface area contributed by atoms with Gasteiger partial charge in [0.1, 0.15) is 17.6 Å². The number of aliphatic hydroxyl groups is 2. The van der Waals surface area contributed by atoms with Crippen molar-refractivity contribution in [2.24, 2.45) is 22.7 Å². The van der Waals surface area contributed by atoms with E-state index in [0.29, 0.717) is 47.5 Å². The van der Waals surface area contributed by atoms with Crippen molar-refractivity contribution in [3.8, 4) is 11.4 Å². The van der Waals surface area contributed by atoms with Gasteiger partial charge in [-0.2, -0.15) is 0 Å². The molecule has 0 spiro atoms. The second kappa shape index (κ2) is 13.3. The summed E-state index contributed by atoms with van der Waals surface area (Å²) in [5, 5.41) is 35.1. The molecule has 238 valence electrons. The molecule has 2 aliphatic carbocycles. The summed E-state index contributed by atoms with van der Waals surface area (Å²) in [6.45, 7) is 3.03. The van der Waals surface area contributed by atoms with Gasteiger partial charge in [-0.05, 0) is 61.9 Å². The summed E-state index contributed by atoms with van der Waals surface area (Å²) >= 11 is 6.18. The van der Waals surface area contributed by atoms with Gasteiger partial charge in [-0.25, -0.2) is 0 Å². The van der Waals surface area contributed by atoms with Crippen LogP contribution in [0.4, 0.5) is 0 Å². The largest absolute Gasteiger partial charge is 0.497 e. The second-order valence-electron chi connectivity index (χ2n) is 11.8. The molecule has 12 nitrogen and oxygen atoms in total. The molecule has 2 fully saturated rings. The number of hydrogen-bond acceptors (Lipinski definition) is 9. The molecule has 0 saturated heterocycles. The smallest absolute Gasteiger partial charge is 0.223 e. The number of aromatic nitrogens is 3. The normalized spacial score (nSPS) is 24.8. The molecule has 2 bridgehead atoms. The van der Waals surface area contributed by atoms with Gasteiger partial charge in [0.25, 0.3) is 0 Å². The maximum absolute atomic E-state index is 13.1. The molecule has 13 heteroatoms. The van der Waals surface area contributed by atoms with Crippen LogP contribution < -0.4 is 15.4 Å². The first-order valence-corrected chi connectivity index (χ1v) is 15.6. The van der Waals surface area contributed by atoms with Gasteiger partial charge in [0, 0.05) is 35.2 Å². The van der Waals surface area contributed by atoms with Crippen molar-refractivity contribution in [2.45, 2.75) is 44.4 Å². The molecule has 1 aromatic heterocycles. The summed E-state index contributed by atoms with van der Waals surface area (Å²) in [6.07, 6.45) is -0.221. The topological polar surface area (TPSA) is 160 Å². The van der Waals surface area contributed by atoms with Gasteiger partial charge in [0.05, 0.1) is 50.4 Å². The van der Waals surface area contributed by atoms with Gasteiger partial charge >= 0.3 is 0 Å². The number of aliphatic hydroxyl groups excluding tert-OH is 2. The number of aryl methyl sites for hydroxylation is 1. The number of methoxy groups -OCH3 is 1. The summed E-state index contributed by atoms with van der Waals surface area (Å²) in [6, 6.07) is 12.5. The van der Waals surface area contributed by atoms with Crippen LogP contribution in [0, 0.1) is 24.7 Å². The van der Waals surface area contributed by atoms with E-state index >= 15 is 0 Å². The van der Waals surface area contributed by atoms with Gasteiger partial charge < -0.3 is 30.3 Å². The SMILES string of the molecule is COc1ccc2c(c1)C(c1ccc(Cl)cc1)=N[C@@H](CC(=O)NCCOCCNC(=O)[C@@H]1C[C@H]3C[C@@H]1[C@H](O)[C@@H]3O)c1nnc(C)n1-2. The highest BCUT2D eigenvalue weighted by Crippen LogP contribution is 2.48. The summed E-state index contributed by atoms with van der Waals surface area (Å²) in [5.41, 5.74) is 3.17. The van der Waals surface area contributed by atoms with Crippen LogP contribution in [0.5, 0.6) is 5.75 Å². The molecule has 3 aliphatic rings. The van der Waals surface area contributed by atoms with Crippen molar-refractivity contribution in [1.29, 1.82) is 0 Å². The van der Waals surface area contributed by atoms with Crippen molar-refractivity contribution in [3.05, 3.63) is 70.3 Å². The number of carbonyl (C=O) groups excluding carboxylic acids is 2. The lowest BCUT2D eigenvalue weighted by molar-refractivity contribution is -0.130. The first-order valence-electron chi connectivity index (χ1n) is 15.2. The Morgan fingerprint density at radius 2 is 1.78 bits per heavy atom. The van der Waals surface area contributed by atoms with Crippen molar-refractivity contribution < 1.29 is 29.3 Å². The van der Waals surface area contributed by atoms with Crippen LogP contribution in [0.2, 0.25) is 5.02 Å². The molecular weight excluding hydrogens is 600 g/mol. The third-order valence-corrected chi connectivity index (χ3v) is 9.25. The number of fused-ring (bicyclic) bond motifs is 5. The fourth-order valence-electron chi connectivity index (χ4n) is 6.77. The Kier molecular flexibility index (Phi) is 9.18. The van der Waals surface area contributed by atoms with Gasteiger partial charge in [-0.15, -0.1) is 10.2 Å². The Balaban J connectivity index is 1.06. The van der Waals surface area contributed by atoms with E-state index in [1.807, 2.05) is 41.8 Å². The maximum atomic E-state index is 13.1. The van der Waals surface area contributed by atoms with E-state index in [-0.39, 0.29) is 55.7 Å². The van der Waals surface area contributed by atoms with Gasteiger partial charge in [0.2, 0.25) is 11.8 Å². The minimum Gasteiger partial charge on any atom is -0.497 e. The van der Waals surface area contributed by atoms with E-state index in [2.05, 4.69) is 20.8 Å². The zero-order valence-corrected chi connectivity index (χ0v) is 25.9. The second-order valence-corrected chi connectivity index (χ2v) is 12.2. The fourth-order valence-corrected chi connectivity index (χ4v) is 6.89. The Morgan fingerprint density at radius 3 is 2.49 bits per heavy atom. The number of ether oxygens (including phenoxy) is 2. The molecule has 4 N–H and O–H groups in total. The number of amides is 2. The highest BCUT2D eigenvalue weighted by molar-refractivity contribution is 6.30. The number of halogens is 1. The minimum absolute atomic E-state index is 0.00693. The quantitative estimate of drug-likeness (QED) is 0.233. The lowest BCUT2D eigenvalue weighted by Crippen LogP contribution is -2.43. The molecule has 2 heterocycles. The number of carbonyl (C=O) groups is 2. The standard InChI is InChI=1S/C32H37ClN6O6/c1-17-37-38-31-25(36-28(18-3-5-20(33)6-4-18)24-15-21(44-2)7-8-26(24)39(17)31)16-27(40)34-9-11-45-12-10-35-32(43)23-14-19-13-22(23)30(42)29(19)41/h3-8,15,19,22-23,25,29-30,41-42H,9-14,16H2,1-2H3,(H,34,40)(H,35,43)/t19-,22+,23-,25+,29-,30+/m1/s1. The molecule has 2 aromatic carbocycles. The summed E-state index contributed by atoms with van der Waals surface area (Å²) in [7, 11) is 1.61. The Morgan fingerprint density at radius 1 is 1.02 bits per heavy atom. The zero-order chi connectivity index (χ0) is 31.7. The third-order valence-electron chi connectivity index (χ3n) is 9.00. The van der Waals surface area contributed by atoms with Crippen LogP contribution in [0.15, 0.2) is 47.5 Å². The Bertz CT molecular complexity index is 1590. The first kappa shape index (κ1) is 31.2. The Labute approximate surface area is 265 Å². The van der Waals surface area contributed by atoms with Crippen LogP contribution in [0.25, 0.3) is 5.69 Å². The van der Waals surface area contributed by atoms with Crippen molar-refractivity contribution in [2.75, 3.05) is 33.4 Å². The van der Waals surface area contributed by atoms with E-state index in [1.54, 1.807) is 19.2 Å². The van der Waals surface area contributed by atoms with Crippen LogP contribution in [0.1, 0.15) is 48.1 Å². The van der Waals surface area contributed by atoms with Crippen molar-refractivity contribution in [1.82, 2.24) is 25.4 Å². The average molecular weight is 637 g/mol. The van der Waals surface area contributed by atoms with E-state index in [4.69, 9.17) is 26.1 Å². The van der Waals surface area contributed by atoms with E-state index in [1.165, 1.54) is 0 Å². The van der Waals surface area contributed by atoms with Gasteiger partial charge in [-0.1, -0.05) is 23.7 Å². The molecule has 6 atom stereocenters. The summed E-state index contributed by atoms with van der Waals surface area (Å²) in [5.74, 6) is 1.10. The number of aliphatic imine (C=N–C) groups is 1. The molecule has 2 amide bonds. The maximum Gasteiger partial charge on any atom is 0.223 e. The van der Waals surface area contributed by atoms with E-state index < -0.39 is 18.2 Å². The lowest BCUT2D eigenvalue weighted by Gasteiger charge is -2.28. The van der Waals surface area contributed by atoms with Crippen molar-refractivity contribution >= 4 is 29.1 Å². The zero-order valence-electron chi connectivity index (χ0n) is 25.1. The van der Waals surface area contributed by atoms with Crippen LogP contribution in [-0.4, -0.2) is 88.1 Å². The summed E-state index contributed by atoms with van der Waals surface area (Å²) < 4.78 is 13.1. The number of benzene rings is 2. The fraction of sp³-hybridized carbons (Fsp3) is 0.469. The predicted molar refractivity (Wildman–Crippen MR) is 166 cm³/mol. The number of hydrogen-bond donors (Lipinski definition) is 4. The predicted octanol–water partition coefficient (Wildman–Crippen LogP) is 2.15. The van der Waals surface area contributed by atoms with Crippen LogP contribution in [-0.2, 0) is 14.3 Å². The van der Waals surface area contributed by atoms with Crippen LogP contribution >= 0.6 is 11.6 Å². The number of nitrogens with one attached hydrogen (secondary N) is 2. The molecule has 0 unspecified atom stereocenters. The molecular formula is C32H37ClN6O6. The van der Waals surface area contributed by atoms with Gasteiger partial charge in [-0.3, -0.25) is 19.1 Å². The summed E-state index contributed by atoms with van der Waals surface area (Å²) in [4.78, 5) is 30.7. The highest BCUT2D eigenvalue weighted by atomic mass is 35.5. The first-order chi connectivity index (χ1) is 21.7. The molecule has 6 rings (SSSR count). The van der Waals surface area contributed by atoms with E-state index in [9.17, 15) is 19.8 Å². The molecule has 2 saturated carbocycles. The number of nitrogens with zero attached hydrogens (tertiary/aromatic N) is 4. The molecule has 1 aliphatic heterocycles. The Hall–Kier alpha value is -3.84. The van der Waals surface area contributed by atoms with Crippen molar-refractivity contribution in [3.63, 3.8) is 0 Å². The van der Waals surface area contributed by atoms with Gasteiger partial charge in [0.15, 0.2) is 5.82 Å². The average Bonchev–Trinajstić information content (AvgIpc) is 3.70. The molecule has 3 aromatic rings. The molecule has 45 heavy (non-hydrogen) atoms. The number of rotatable bonds is 11. The lowest BCUT2D eigenvalue weighted by atomic mass is 9.84. The van der Waals surface area contributed by atoms with Crippen LogP contribution in [0.3, 0.4) is 0 Å². The monoisotopic (exact) mass is 636 g/mol. The highest BCUT2D eigenvalue weighted by Gasteiger charge is 2.53. The van der Waals surface area contributed by atoms with E-state index in [0.717, 1.165) is 16.8 Å². The third kappa shape index (κ3) is 6.32. The molecule has 0 radical (unpaired) electrons. The minimum atomic E-state index is -0.828.